The van der Waals surface area contributed by atoms with Gasteiger partial charge in [-0.1, -0.05) is 13.8 Å². The van der Waals surface area contributed by atoms with Gasteiger partial charge in [0, 0.05) is 32.9 Å². The zero-order valence-electron chi connectivity index (χ0n) is 13.0. The topological polar surface area (TPSA) is 69.8 Å². The van der Waals surface area contributed by atoms with Gasteiger partial charge in [-0.05, 0) is 5.92 Å². The molecule has 0 radical (unpaired) electrons. The number of rotatable bonds is 9. The van der Waals surface area contributed by atoms with Gasteiger partial charge >= 0.3 is 0 Å². The lowest BCUT2D eigenvalue weighted by Crippen LogP contribution is -2.18. The number of nitrogens with zero attached hydrogens (tertiary/aromatic N) is 5. The Kier molecular flexibility index (Phi) is 5.89. The minimum Gasteiger partial charge on any atom is -0.383 e. The van der Waals surface area contributed by atoms with Crippen LogP contribution < -0.4 is 5.32 Å². The van der Waals surface area contributed by atoms with E-state index in [2.05, 4.69) is 34.2 Å². The lowest BCUT2D eigenvalue weighted by molar-refractivity contribution is 0.199. The normalized spacial score (nSPS) is 11.4. The van der Waals surface area contributed by atoms with Crippen molar-refractivity contribution in [3.8, 4) is 0 Å². The standard InChI is InChI=1S/C14H24N6O/c1-12(2)7-20-14(16-10-18-20)9-19-8-13(17-11-19)6-15-4-5-21-3/h8,10-12,15H,4-7,9H2,1-3H3. The van der Waals surface area contributed by atoms with Gasteiger partial charge in [0.05, 0.1) is 25.2 Å². The molecule has 0 aromatic carbocycles. The zero-order valence-corrected chi connectivity index (χ0v) is 13.0. The highest BCUT2D eigenvalue weighted by atomic mass is 16.5. The number of nitrogens with one attached hydrogen (secondary N) is 1. The third-order valence-electron chi connectivity index (χ3n) is 3.03. The number of hydrogen-bond acceptors (Lipinski definition) is 5. The Balaban J connectivity index is 1.89. The molecule has 2 aromatic rings. The van der Waals surface area contributed by atoms with Crippen LogP contribution in [0.5, 0.6) is 0 Å². The predicted molar refractivity (Wildman–Crippen MR) is 79.8 cm³/mol. The smallest absolute Gasteiger partial charge is 0.146 e. The van der Waals surface area contributed by atoms with Crippen LogP contribution in [0.1, 0.15) is 25.4 Å². The van der Waals surface area contributed by atoms with Crippen LogP contribution in [0, 0.1) is 5.92 Å². The average Bonchev–Trinajstić information content (AvgIpc) is 3.05. The Morgan fingerprint density at radius 2 is 2.19 bits per heavy atom. The van der Waals surface area contributed by atoms with Crippen molar-refractivity contribution in [3.05, 3.63) is 30.4 Å². The van der Waals surface area contributed by atoms with Crippen LogP contribution in [0.25, 0.3) is 0 Å². The molecule has 116 valence electrons. The molecule has 0 atom stereocenters. The monoisotopic (exact) mass is 292 g/mol. The molecule has 0 bridgehead atoms. The van der Waals surface area contributed by atoms with Crippen LogP contribution in [0.4, 0.5) is 0 Å². The second-order valence-corrected chi connectivity index (χ2v) is 5.46. The van der Waals surface area contributed by atoms with E-state index >= 15 is 0 Å². The van der Waals surface area contributed by atoms with Gasteiger partial charge in [-0.25, -0.2) is 14.6 Å². The molecule has 0 aliphatic heterocycles. The molecule has 0 amide bonds. The predicted octanol–water partition coefficient (Wildman–Crippen LogP) is 0.915. The van der Waals surface area contributed by atoms with Gasteiger partial charge in [-0.2, -0.15) is 5.10 Å². The quantitative estimate of drug-likeness (QED) is 0.696. The number of imidazole rings is 1. The summed E-state index contributed by atoms with van der Waals surface area (Å²) in [6, 6.07) is 0. The van der Waals surface area contributed by atoms with Crippen molar-refractivity contribution < 1.29 is 4.74 Å². The first kappa shape index (κ1) is 15.7. The van der Waals surface area contributed by atoms with E-state index in [0.717, 1.165) is 31.2 Å². The molecule has 2 rings (SSSR count). The van der Waals surface area contributed by atoms with Gasteiger partial charge in [0.25, 0.3) is 0 Å². The maximum absolute atomic E-state index is 4.99. The Hall–Kier alpha value is -1.73. The molecule has 0 saturated carbocycles. The van der Waals surface area contributed by atoms with Crippen LogP contribution in [0.3, 0.4) is 0 Å². The summed E-state index contributed by atoms with van der Waals surface area (Å²) in [5, 5.41) is 7.55. The average molecular weight is 292 g/mol. The Morgan fingerprint density at radius 1 is 1.33 bits per heavy atom. The highest BCUT2D eigenvalue weighted by molar-refractivity contribution is 4.98. The summed E-state index contributed by atoms with van der Waals surface area (Å²) >= 11 is 0. The second kappa shape index (κ2) is 7.90. The fraction of sp³-hybridized carbons (Fsp3) is 0.643. The first-order valence-electron chi connectivity index (χ1n) is 7.26. The van der Waals surface area contributed by atoms with Crippen LogP contribution in [-0.4, -0.2) is 44.6 Å². The van der Waals surface area contributed by atoms with Gasteiger partial charge in [-0.3, -0.25) is 0 Å². The van der Waals surface area contributed by atoms with Crippen LogP contribution >= 0.6 is 0 Å². The van der Waals surface area contributed by atoms with Crippen LogP contribution in [-0.2, 0) is 24.4 Å². The first-order valence-corrected chi connectivity index (χ1v) is 7.26. The molecule has 0 fully saturated rings. The van der Waals surface area contributed by atoms with Crippen molar-refractivity contribution in [1.29, 1.82) is 0 Å². The van der Waals surface area contributed by atoms with E-state index in [1.165, 1.54) is 0 Å². The van der Waals surface area contributed by atoms with Crippen molar-refractivity contribution in [1.82, 2.24) is 29.6 Å². The fourth-order valence-electron chi connectivity index (χ4n) is 2.05. The molecule has 2 heterocycles. The fourth-order valence-corrected chi connectivity index (χ4v) is 2.05. The summed E-state index contributed by atoms with van der Waals surface area (Å²) in [4.78, 5) is 8.72. The van der Waals surface area contributed by atoms with E-state index in [-0.39, 0.29) is 0 Å². The van der Waals surface area contributed by atoms with Crippen molar-refractivity contribution in [2.75, 3.05) is 20.3 Å². The summed E-state index contributed by atoms with van der Waals surface area (Å²) in [7, 11) is 1.70. The van der Waals surface area contributed by atoms with E-state index in [1.54, 1.807) is 13.4 Å². The van der Waals surface area contributed by atoms with Crippen molar-refractivity contribution in [2.24, 2.45) is 5.92 Å². The largest absolute Gasteiger partial charge is 0.383 e. The van der Waals surface area contributed by atoms with Crippen molar-refractivity contribution in [2.45, 2.75) is 33.5 Å². The highest BCUT2D eigenvalue weighted by Gasteiger charge is 2.07. The molecule has 0 saturated heterocycles. The summed E-state index contributed by atoms with van der Waals surface area (Å²) in [6.45, 7) is 8.20. The molecule has 2 aromatic heterocycles. The summed E-state index contributed by atoms with van der Waals surface area (Å²) in [6.07, 6.45) is 5.48. The molecule has 0 unspecified atom stereocenters. The highest BCUT2D eigenvalue weighted by Crippen LogP contribution is 2.04. The van der Waals surface area contributed by atoms with E-state index in [9.17, 15) is 0 Å². The molecule has 1 N–H and O–H groups in total. The minimum absolute atomic E-state index is 0.550. The summed E-state index contributed by atoms with van der Waals surface area (Å²) in [5.41, 5.74) is 1.01. The Labute approximate surface area is 125 Å². The Bertz CT molecular complexity index is 533. The van der Waals surface area contributed by atoms with E-state index in [0.29, 0.717) is 19.1 Å². The minimum atomic E-state index is 0.550. The maximum atomic E-state index is 4.99. The van der Waals surface area contributed by atoms with E-state index in [1.807, 2.05) is 21.8 Å². The van der Waals surface area contributed by atoms with Crippen LogP contribution in [0.15, 0.2) is 18.9 Å². The summed E-state index contributed by atoms with van der Waals surface area (Å²) in [5.74, 6) is 1.51. The summed E-state index contributed by atoms with van der Waals surface area (Å²) < 4.78 is 8.99. The zero-order chi connectivity index (χ0) is 15.1. The molecule has 0 spiro atoms. The molecule has 0 aliphatic carbocycles. The molecular weight excluding hydrogens is 268 g/mol. The molecule has 21 heavy (non-hydrogen) atoms. The second-order valence-electron chi connectivity index (χ2n) is 5.46. The number of ether oxygens (including phenoxy) is 1. The first-order chi connectivity index (χ1) is 10.2. The molecule has 7 nitrogen and oxygen atoms in total. The lowest BCUT2D eigenvalue weighted by atomic mass is 10.2. The van der Waals surface area contributed by atoms with Crippen molar-refractivity contribution in [3.63, 3.8) is 0 Å². The molecule has 7 heteroatoms. The van der Waals surface area contributed by atoms with Crippen molar-refractivity contribution >= 4 is 0 Å². The van der Waals surface area contributed by atoms with Gasteiger partial charge in [0.2, 0.25) is 0 Å². The van der Waals surface area contributed by atoms with E-state index < -0.39 is 0 Å². The van der Waals surface area contributed by atoms with E-state index in [4.69, 9.17) is 4.74 Å². The Morgan fingerprint density at radius 3 is 2.95 bits per heavy atom. The van der Waals surface area contributed by atoms with Gasteiger partial charge in [-0.15, -0.1) is 0 Å². The van der Waals surface area contributed by atoms with Crippen LogP contribution in [0.2, 0.25) is 0 Å². The van der Waals surface area contributed by atoms with Gasteiger partial charge < -0.3 is 14.6 Å². The van der Waals surface area contributed by atoms with Gasteiger partial charge in [0.15, 0.2) is 0 Å². The number of aromatic nitrogens is 5. The third kappa shape index (κ3) is 4.95. The number of methoxy groups -OCH3 is 1. The maximum Gasteiger partial charge on any atom is 0.146 e. The molecular formula is C14H24N6O. The molecule has 0 aliphatic rings. The third-order valence-corrected chi connectivity index (χ3v) is 3.03. The lowest BCUT2D eigenvalue weighted by Gasteiger charge is -2.08. The van der Waals surface area contributed by atoms with Gasteiger partial charge in [0.1, 0.15) is 12.2 Å². The SMILES string of the molecule is COCCNCc1cn(Cc2ncnn2CC(C)C)cn1. The number of hydrogen-bond donors (Lipinski definition) is 1.